The molecule has 0 bridgehead atoms. The van der Waals surface area contributed by atoms with Crippen LogP contribution in [-0.2, 0) is 18.3 Å². The molecule has 17 heavy (non-hydrogen) atoms. The molecule has 0 saturated heterocycles. The number of rotatable bonds is 11. The van der Waals surface area contributed by atoms with Crippen LogP contribution in [0.1, 0.15) is 19.8 Å². The van der Waals surface area contributed by atoms with Crippen molar-refractivity contribution in [3.8, 4) is 0 Å². The minimum absolute atomic E-state index is 0.525. The molecule has 0 heterocycles. The molecule has 104 valence electrons. The lowest BCUT2D eigenvalue weighted by atomic mass is 10.2. The van der Waals surface area contributed by atoms with Crippen molar-refractivity contribution >= 4 is 9.28 Å². The molecule has 0 rings (SSSR count). The van der Waals surface area contributed by atoms with Gasteiger partial charge in [-0.25, -0.2) is 0 Å². The lowest BCUT2D eigenvalue weighted by Crippen LogP contribution is -2.30. The Kier molecular flexibility index (Phi) is 11.1. The Labute approximate surface area is 107 Å². The van der Waals surface area contributed by atoms with Crippen molar-refractivity contribution in [2.24, 2.45) is 0 Å². The average molecular weight is 265 g/mol. The second kappa shape index (κ2) is 11.1. The monoisotopic (exact) mass is 265 g/mol. The van der Waals surface area contributed by atoms with Crippen molar-refractivity contribution < 1.29 is 18.3 Å². The molecule has 0 N–H and O–H groups in total. The second-order valence-corrected chi connectivity index (χ2v) is 7.01. The van der Waals surface area contributed by atoms with Crippen LogP contribution < -0.4 is 0 Å². The van der Waals surface area contributed by atoms with Gasteiger partial charge < -0.3 is 18.3 Å². The van der Waals surface area contributed by atoms with E-state index in [1.807, 2.05) is 0 Å². The maximum absolute atomic E-state index is 5.37. The summed E-state index contributed by atoms with van der Waals surface area (Å²) in [4.78, 5) is 2.13. The highest BCUT2D eigenvalue weighted by Gasteiger charge is 2.19. The molecule has 0 fully saturated rings. The fourth-order valence-electron chi connectivity index (χ4n) is 1.87. The predicted molar refractivity (Wildman–Crippen MR) is 70.3 cm³/mol. The minimum atomic E-state index is -1.46. The van der Waals surface area contributed by atoms with Gasteiger partial charge in [-0.2, -0.15) is 0 Å². The van der Waals surface area contributed by atoms with E-state index in [4.69, 9.17) is 18.3 Å². The molecule has 0 amide bonds. The fraction of sp³-hybridized carbons (Fsp3) is 1.00. The van der Waals surface area contributed by atoms with Crippen LogP contribution >= 0.6 is 0 Å². The normalized spacial score (nSPS) is 13.6. The van der Waals surface area contributed by atoms with Crippen LogP contribution in [-0.4, -0.2) is 62.6 Å². The Morgan fingerprint density at radius 3 is 1.94 bits per heavy atom. The molecular formula is C11H27NO4Si. The second-order valence-electron chi connectivity index (χ2n) is 4.19. The summed E-state index contributed by atoms with van der Waals surface area (Å²) in [5.41, 5.74) is 0.525. The molecule has 0 aliphatic carbocycles. The highest BCUT2D eigenvalue weighted by Crippen LogP contribution is 2.17. The zero-order valence-electron chi connectivity index (χ0n) is 11.8. The van der Waals surface area contributed by atoms with E-state index in [1.54, 1.807) is 28.4 Å². The summed E-state index contributed by atoms with van der Waals surface area (Å²) in [6.07, 6.45) is 2.21. The van der Waals surface area contributed by atoms with Gasteiger partial charge in [0.05, 0.1) is 0 Å². The maximum Gasteiger partial charge on any atom is 0.323 e. The van der Waals surface area contributed by atoms with Gasteiger partial charge in [-0.15, -0.1) is 0 Å². The predicted octanol–water partition coefficient (Wildman–Crippen LogP) is 1.18. The van der Waals surface area contributed by atoms with Gasteiger partial charge in [0.25, 0.3) is 0 Å². The van der Waals surface area contributed by atoms with Crippen LogP contribution in [0.4, 0.5) is 0 Å². The topological polar surface area (TPSA) is 40.2 Å². The van der Waals surface area contributed by atoms with E-state index in [1.165, 1.54) is 0 Å². The van der Waals surface area contributed by atoms with Crippen LogP contribution in [0.15, 0.2) is 0 Å². The summed E-state index contributed by atoms with van der Waals surface area (Å²) < 4.78 is 21.0. The molecule has 0 saturated carbocycles. The number of hydrogen-bond donors (Lipinski definition) is 0. The van der Waals surface area contributed by atoms with E-state index in [0.29, 0.717) is 19.0 Å². The van der Waals surface area contributed by atoms with Crippen molar-refractivity contribution in [2.75, 3.05) is 48.4 Å². The summed E-state index contributed by atoms with van der Waals surface area (Å²) in [5, 5.41) is 0. The van der Waals surface area contributed by atoms with Crippen molar-refractivity contribution in [2.45, 2.75) is 25.3 Å². The average Bonchev–Trinajstić information content (AvgIpc) is 2.31. The largest absolute Gasteiger partial charge is 0.400 e. The van der Waals surface area contributed by atoms with Gasteiger partial charge in [-0.05, 0) is 18.4 Å². The van der Waals surface area contributed by atoms with Crippen molar-refractivity contribution in [1.82, 2.24) is 4.90 Å². The molecule has 5 nitrogen and oxygen atoms in total. The highest BCUT2D eigenvalue weighted by atomic mass is 28.3. The van der Waals surface area contributed by atoms with Crippen molar-refractivity contribution in [3.63, 3.8) is 0 Å². The number of ether oxygens (including phenoxy) is 2. The third-order valence-electron chi connectivity index (χ3n) is 2.69. The van der Waals surface area contributed by atoms with Crippen LogP contribution in [0.25, 0.3) is 0 Å². The van der Waals surface area contributed by atoms with Gasteiger partial charge in [0.2, 0.25) is 0 Å². The van der Waals surface area contributed by atoms with E-state index in [-0.39, 0.29) is 0 Å². The van der Waals surface area contributed by atoms with E-state index in [2.05, 4.69) is 11.8 Å². The van der Waals surface area contributed by atoms with Gasteiger partial charge in [0.1, 0.15) is 13.5 Å². The molecule has 0 aromatic rings. The molecule has 0 aliphatic heterocycles. The quantitative estimate of drug-likeness (QED) is 0.414. The third-order valence-corrected chi connectivity index (χ3v) is 4.88. The van der Waals surface area contributed by atoms with E-state index in [0.717, 1.165) is 19.4 Å². The SMILES string of the molecule is COCN(CCCC(C)[SiH](OC)OC)COC. The molecular weight excluding hydrogens is 238 g/mol. The minimum Gasteiger partial charge on any atom is -0.400 e. The Morgan fingerprint density at radius 2 is 1.53 bits per heavy atom. The lowest BCUT2D eigenvalue weighted by Gasteiger charge is -2.22. The zero-order valence-corrected chi connectivity index (χ0v) is 12.9. The van der Waals surface area contributed by atoms with Gasteiger partial charge in [-0.3, -0.25) is 4.90 Å². The van der Waals surface area contributed by atoms with Gasteiger partial charge in [0.15, 0.2) is 0 Å². The molecule has 6 heteroatoms. The first-order valence-electron chi connectivity index (χ1n) is 5.95. The summed E-state index contributed by atoms with van der Waals surface area (Å²) >= 11 is 0. The Balaban J connectivity index is 3.78. The first-order valence-corrected chi connectivity index (χ1v) is 7.56. The molecule has 0 aromatic heterocycles. The van der Waals surface area contributed by atoms with Gasteiger partial charge >= 0.3 is 9.28 Å². The first-order chi connectivity index (χ1) is 8.19. The molecule has 0 aliphatic rings. The molecule has 1 atom stereocenters. The summed E-state index contributed by atoms with van der Waals surface area (Å²) in [7, 11) is 5.40. The molecule has 0 radical (unpaired) electrons. The van der Waals surface area contributed by atoms with Crippen molar-refractivity contribution in [1.29, 1.82) is 0 Å². The number of methoxy groups -OCH3 is 2. The maximum atomic E-state index is 5.37. The summed E-state index contributed by atoms with van der Waals surface area (Å²) in [5.74, 6) is 0. The van der Waals surface area contributed by atoms with E-state index in [9.17, 15) is 0 Å². The van der Waals surface area contributed by atoms with Gasteiger partial charge in [0, 0.05) is 35.0 Å². The smallest absolute Gasteiger partial charge is 0.323 e. The first kappa shape index (κ1) is 17.0. The van der Waals surface area contributed by atoms with Crippen LogP contribution in [0.3, 0.4) is 0 Å². The third kappa shape index (κ3) is 7.85. The fourth-order valence-corrected chi connectivity index (χ4v) is 3.49. The van der Waals surface area contributed by atoms with E-state index < -0.39 is 9.28 Å². The van der Waals surface area contributed by atoms with Gasteiger partial charge in [-0.1, -0.05) is 6.92 Å². The Morgan fingerprint density at radius 1 is 1.00 bits per heavy atom. The lowest BCUT2D eigenvalue weighted by molar-refractivity contribution is -0.0141. The zero-order chi connectivity index (χ0) is 13.1. The molecule has 0 aromatic carbocycles. The molecule has 1 unspecified atom stereocenters. The number of nitrogens with zero attached hydrogens (tertiary/aromatic N) is 1. The summed E-state index contributed by atoms with van der Waals surface area (Å²) in [6, 6.07) is 0. The van der Waals surface area contributed by atoms with Crippen molar-refractivity contribution in [3.05, 3.63) is 0 Å². The number of hydrogen-bond acceptors (Lipinski definition) is 5. The van der Waals surface area contributed by atoms with Crippen LogP contribution in [0.5, 0.6) is 0 Å². The Bertz CT molecular complexity index is 162. The summed E-state index contributed by atoms with van der Waals surface area (Å²) in [6.45, 7) is 4.39. The highest BCUT2D eigenvalue weighted by molar-refractivity contribution is 6.46. The van der Waals surface area contributed by atoms with Crippen LogP contribution in [0.2, 0.25) is 5.54 Å². The molecule has 0 spiro atoms. The Hall–Kier alpha value is 0.0169. The standard InChI is InChI=1S/C11H27NO4Si/c1-11(17(15-4)16-5)7-6-8-12(9-13-2)10-14-3/h11,17H,6-10H2,1-5H3. The van der Waals surface area contributed by atoms with E-state index >= 15 is 0 Å². The van der Waals surface area contributed by atoms with Crippen LogP contribution in [0, 0.1) is 0 Å².